The van der Waals surface area contributed by atoms with E-state index in [0.717, 1.165) is 11.6 Å². The molecule has 0 unspecified atom stereocenters. The number of benzene rings is 1. The summed E-state index contributed by atoms with van der Waals surface area (Å²) in [4.78, 5) is 21.1. The highest BCUT2D eigenvalue weighted by Crippen LogP contribution is 2.13. The summed E-state index contributed by atoms with van der Waals surface area (Å²) in [6.45, 7) is 1.81. The monoisotopic (exact) mass is 206 g/mol. The molecule has 0 radical (unpaired) electrons. The summed E-state index contributed by atoms with van der Waals surface area (Å²) in [6, 6.07) is 4.75. The Kier molecular flexibility index (Phi) is 3.23. The molecule has 0 aliphatic heterocycles. The van der Waals surface area contributed by atoms with E-state index >= 15 is 0 Å². The number of hydrogen-bond donors (Lipinski definition) is 2. The first kappa shape index (κ1) is 11.0. The maximum Gasteiger partial charge on any atom is 0.336 e. The Morgan fingerprint density at radius 1 is 1.27 bits per heavy atom. The minimum atomic E-state index is -1.10. The molecular formula is C11H10O4. The lowest BCUT2D eigenvalue weighted by Gasteiger charge is -2.01. The molecule has 0 aliphatic carbocycles. The van der Waals surface area contributed by atoms with Crippen molar-refractivity contribution in [3.05, 3.63) is 41.0 Å². The minimum absolute atomic E-state index is 0.0955. The summed E-state index contributed by atoms with van der Waals surface area (Å²) in [7, 11) is 0. The van der Waals surface area contributed by atoms with Gasteiger partial charge in [0, 0.05) is 6.08 Å². The van der Waals surface area contributed by atoms with Gasteiger partial charge in [-0.15, -0.1) is 0 Å². The Hall–Kier alpha value is -2.10. The van der Waals surface area contributed by atoms with Gasteiger partial charge in [0.1, 0.15) is 0 Å². The molecule has 0 amide bonds. The predicted molar refractivity (Wildman–Crippen MR) is 54.8 cm³/mol. The molecule has 15 heavy (non-hydrogen) atoms. The number of hydrogen-bond acceptors (Lipinski definition) is 2. The van der Waals surface area contributed by atoms with E-state index in [1.807, 2.05) is 6.92 Å². The van der Waals surface area contributed by atoms with Crippen LogP contribution in [0.15, 0.2) is 24.3 Å². The zero-order chi connectivity index (χ0) is 11.4. The van der Waals surface area contributed by atoms with E-state index < -0.39 is 11.9 Å². The van der Waals surface area contributed by atoms with Crippen LogP contribution in [-0.2, 0) is 4.79 Å². The molecule has 0 aromatic heterocycles. The average Bonchev–Trinajstić information content (AvgIpc) is 2.14. The van der Waals surface area contributed by atoms with Gasteiger partial charge in [0.15, 0.2) is 0 Å². The Balaban J connectivity index is 3.18. The molecule has 0 saturated carbocycles. The van der Waals surface area contributed by atoms with Crippen LogP contribution in [0.5, 0.6) is 0 Å². The van der Waals surface area contributed by atoms with Crippen molar-refractivity contribution in [2.45, 2.75) is 6.92 Å². The molecular weight excluding hydrogens is 196 g/mol. The maximum atomic E-state index is 10.8. The maximum absolute atomic E-state index is 10.8. The molecule has 0 bridgehead atoms. The Morgan fingerprint density at radius 3 is 2.47 bits per heavy atom. The third-order valence-corrected chi connectivity index (χ3v) is 1.84. The van der Waals surface area contributed by atoms with E-state index in [1.54, 1.807) is 12.1 Å². The fourth-order valence-electron chi connectivity index (χ4n) is 1.18. The summed E-state index contributed by atoms with van der Waals surface area (Å²) in [6.07, 6.45) is 2.19. The van der Waals surface area contributed by atoms with Crippen LogP contribution in [0.1, 0.15) is 21.5 Å². The van der Waals surface area contributed by atoms with Crippen molar-refractivity contribution in [2.75, 3.05) is 0 Å². The van der Waals surface area contributed by atoms with Crippen LogP contribution >= 0.6 is 0 Å². The number of rotatable bonds is 3. The van der Waals surface area contributed by atoms with Crippen molar-refractivity contribution < 1.29 is 19.8 Å². The Labute approximate surface area is 86.5 Å². The third-order valence-electron chi connectivity index (χ3n) is 1.84. The van der Waals surface area contributed by atoms with Gasteiger partial charge in [0.2, 0.25) is 0 Å². The van der Waals surface area contributed by atoms with Gasteiger partial charge < -0.3 is 10.2 Å². The summed E-state index contributed by atoms with van der Waals surface area (Å²) in [5, 5.41) is 17.3. The van der Waals surface area contributed by atoms with Crippen molar-refractivity contribution >= 4 is 18.0 Å². The van der Waals surface area contributed by atoms with Gasteiger partial charge in [0.05, 0.1) is 5.56 Å². The number of aryl methyl sites for hydroxylation is 1. The second-order valence-corrected chi connectivity index (χ2v) is 3.07. The first-order valence-electron chi connectivity index (χ1n) is 4.25. The fraction of sp³-hybridized carbons (Fsp3) is 0.0909. The summed E-state index contributed by atoms with van der Waals surface area (Å²) in [5.74, 6) is -2.17. The molecule has 0 heterocycles. The van der Waals surface area contributed by atoms with Crippen LogP contribution in [0, 0.1) is 6.92 Å². The number of carboxylic acid groups (broad SMARTS) is 2. The summed E-state index contributed by atoms with van der Waals surface area (Å²) in [5.41, 5.74) is 1.37. The lowest BCUT2D eigenvalue weighted by Crippen LogP contribution is -2.00. The first-order valence-corrected chi connectivity index (χ1v) is 4.25. The zero-order valence-corrected chi connectivity index (χ0v) is 8.10. The Morgan fingerprint density at radius 2 is 1.93 bits per heavy atom. The van der Waals surface area contributed by atoms with E-state index in [1.165, 1.54) is 12.1 Å². The highest BCUT2D eigenvalue weighted by Gasteiger charge is 2.07. The lowest BCUT2D eigenvalue weighted by atomic mass is 10.0. The van der Waals surface area contributed by atoms with Gasteiger partial charge in [-0.05, 0) is 24.6 Å². The van der Waals surface area contributed by atoms with Gasteiger partial charge in [-0.1, -0.05) is 17.7 Å². The molecule has 2 N–H and O–H groups in total. The average molecular weight is 206 g/mol. The second kappa shape index (κ2) is 4.41. The highest BCUT2D eigenvalue weighted by atomic mass is 16.4. The highest BCUT2D eigenvalue weighted by molar-refractivity contribution is 5.94. The minimum Gasteiger partial charge on any atom is -0.478 e. The van der Waals surface area contributed by atoms with E-state index in [4.69, 9.17) is 10.2 Å². The standard InChI is InChI=1S/C11H10O4/c1-7-2-4-9(11(14)15)8(6-7)3-5-10(12)13/h2-6H,1H3,(H,12,13)(H,14,15). The SMILES string of the molecule is Cc1ccc(C(=O)O)c(C=CC(=O)O)c1. The largest absolute Gasteiger partial charge is 0.478 e. The van der Waals surface area contributed by atoms with Crippen LogP contribution in [0.25, 0.3) is 6.08 Å². The molecule has 0 saturated heterocycles. The van der Waals surface area contributed by atoms with Crippen LogP contribution in [0.3, 0.4) is 0 Å². The van der Waals surface area contributed by atoms with E-state index in [2.05, 4.69) is 0 Å². The molecule has 0 spiro atoms. The fourth-order valence-corrected chi connectivity index (χ4v) is 1.18. The van der Waals surface area contributed by atoms with Gasteiger partial charge in [-0.3, -0.25) is 0 Å². The molecule has 1 aromatic rings. The molecule has 1 rings (SSSR count). The number of aromatic carboxylic acids is 1. The Bertz CT molecular complexity index is 432. The molecule has 0 fully saturated rings. The zero-order valence-electron chi connectivity index (χ0n) is 8.10. The van der Waals surface area contributed by atoms with Crippen LogP contribution in [0.2, 0.25) is 0 Å². The van der Waals surface area contributed by atoms with Gasteiger partial charge in [0.25, 0.3) is 0 Å². The summed E-state index contributed by atoms with van der Waals surface area (Å²) < 4.78 is 0. The van der Waals surface area contributed by atoms with Crippen LogP contribution in [0.4, 0.5) is 0 Å². The van der Waals surface area contributed by atoms with E-state index in [9.17, 15) is 9.59 Å². The van der Waals surface area contributed by atoms with E-state index in [-0.39, 0.29) is 5.56 Å². The summed E-state index contributed by atoms with van der Waals surface area (Å²) >= 11 is 0. The normalized spacial score (nSPS) is 10.5. The van der Waals surface area contributed by atoms with Gasteiger partial charge in [-0.2, -0.15) is 0 Å². The molecule has 1 aromatic carbocycles. The molecule has 0 atom stereocenters. The molecule has 4 nitrogen and oxygen atoms in total. The molecule has 78 valence electrons. The van der Waals surface area contributed by atoms with Crippen molar-refractivity contribution in [3.8, 4) is 0 Å². The van der Waals surface area contributed by atoms with Crippen LogP contribution in [-0.4, -0.2) is 22.2 Å². The smallest absolute Gasteiger partial charge is 0.336 e. The molecule has 4 heteroatoms. The number of carboxylic acids is 2. The lowest BCUT2D eigenvalue weighted by molar-refractivity contribution is -0.131. The number of aliphatic carboxylic acids is 1. The topological polar surface area (TPSA) is 74.6 Å². The van der Waals surface area contributed by atoms with Gasteiger partial charge >= 0.3 is 11.9 Å². The van der Waals surface area contributed by atoms with E-state index in [0.29, 0.717) is 5.56 Å². The first-order chi connectivity index (χ1) is 7.00. The van der Waals surface area contributed by atoms with Crippen molar-refractivity contribution in [1.82, 2.24) is 0 Å². The number of carbonyl (C=O) groups is 2. The third kappa shape index (κ3) is 2.95. The van der Waals surface area contributed by atoms with Crippen LogP contribution < -0.4 is 0 Å². The van der Waals surface area contributed by atoms with Gasteiger partial charge in [-0.25, -0.2) is 9.59 Å². The predicted octanol–water partition coefficient (Wildman–Crippen LogP) is 1.79. The molecule has 0 aliphatic rings. The van der Waals surface area contributed by atoms with Crippen molar-refractivity contribution in [3.63, 3.8) is 0 Å². The van der Waals surface area contributed by atoms with Crippen molar-refractivity contribution in [2.24, 2.45) is 0 Å². The second-order valence-electron chi connectivity index (χ2n) is 3.07. The quantitative estimate of drug-likeness (QED) is 0.739. The van der Waals surface area contributed by atoms with Crippen molar-refractivity contribution in [1.29, 1.82) is 0 Å².